The van der Waals surface area contributed by atoms with Crippen molar-refractivity contribution in [1.29, 1.82) is 0 Å². The molecule has 3 aliphatic carbocycles. The van der Waals surface area contributed by atoms with E-state index in [4.69, 9.17) is 10.5 Å². The summed E-state index contributed by atoms with van der Waals surface area (Å²) in [5.41, 5.74) is 5.75. The van der Waals surface area contributed by atoms with Crippen molar-refractivity contribution in [2.45, 2.75) is 31.0 Å². The van der Waals surface area contributed by atoms with Crippen LogP contribution in [0.5, 0.6) is 5.75 Å². The molecule has 0 saturated heterocycles. The monoisotopic (exact) mass is 577 g/mol. The van der Waals surface area contributed by atoms with Gasteiger partial charge in [-0.25, -0.2) is 0 Å². The van der Waals surface area contributed by atoms with Gasteiger partial charge in [-0.15, -0.1) is 0 Å². The van der Waals surface area contributed by atoms with Crippen molar-refractivity contribution in [3.05, 3.63) is 53.1 Å². The van der Waals surface area contributed by atoms with Gasteiger partial charge in [0, 0.05) is 26.1 Å². The number of aromatic hydroxyl groups is 1. The molecule has 0 bridgehead atoms. The van der Waals surface area contributed by atoms with Gasteiger partial charge in [0.2, 0.25) is 5.91 Å². The summed E-state index contributed by atoms with van der Waals surface area (Å²) in [4.78, 5) is 68.1. The lowest BCUT2D eigenvalue weighted by Gasteiger charge is -2.52. The molecule has 2 saturated carbocycles. The maximum atomic E-state index is 14.0. The number of phenolic OH excluding ortho intramolecular Hbond substituents is 1. The van der Waals surface area contributed by atoms with E-state index in [0.29, 0.717) is 25.3 Å². The predicted molar refractivity (Wildman–Crippen MR) is 150 cm³/mol. The zero-order chi connectivity index (χ0) is 30.5. The number of nitrogens with two attached hydrogens (primary N) is 1. The molecule has 2 aromatic rings. The molecule has 0 aromatic heterocycles. The lowest BCUT2D eigenvalue weighted by Crippen LogP contribution is -2.74. The number of hydrogen-bond acceptors (Lipinski definition) is 10. The van der Waals surface area contributed by atoms with Crippen LogP contribution in [0.25, 0.3) is 11.1 Å². The fraction of sp³-hybridized carbons (Fsp3) is 0.452. The van der Waals surface area contributed by atoms with Crippen LogP contribution in [0.15, 0.2) is 36.4 Å². The highest BCUT2D eigenvalue weighted by Crippen LogP contribution is 2.51. The van der Waals surface area contributed by atoms with Gasteiger partial charge in [0.1, 0.15) is 5.75 Å². The molecule has 11 nitrogen and oxygen atoms in total. The van der Waals surface area contributed by atoms with Crippen LogP contribution in [0.4, 0.5) is 0 Å². The van der Waals surface area contributed by atoms with Gasteiger partial charge in [0.25, 0.3) is 0 Å². The number of likely N-dealkylation sites (N-methyl/N-ethyl adjacent to an activating group) is 1. The van der Waals surface area contributed by atoms with E-state index in [2.05, 4.69) is 5.32 Å². The summed E-state index contributed by atoms with van der Waals surface area (Å²) in [6, 6.07) is 9.75. The van der Waals surface area contributed by atoms with Crippen LogP contribution in [-0.2, 0) is 36.9 Å². The van der Waals surface area contributed by atoms with E-state index in [1.54, 1.807) is 27.3 Å². The molecule has 0 aliphatic heterocycles. The lowest BCUT2D eigenvalue weighted by molar-refractivity contribution is -0.181. The third-order valence-corrected chi connectivity index (χ3v) is 9.02. The molecule has 42 heavy (non-hydrogen) atoms. The molecule has 3 aliphatic rings. The summed E-state index contributed by atoms with van der Waals surface area (Å²) in [6.07, 6.45) is 0.209. The lowest BCUT2D eigenvalue weighted by atomic mass is 9.52. The Hall–Kier alpha value is -3.77. The van der Waals surface area contributed by atoms with Crippen molar-refractivity contribution in [2.24, 2.45) is 29.4 Å². The number of benzene rings is 2. The van der Waals surface area contributed by atoms with Gasteiger partial charge in [-0.3, -0.25) is 28.9 Å². The number of carbonyl (C=O) groups excluding carboxylic acids is 5. The normalized spacial score (nSPS) is 28.8. The molecule has 11 heteroatoms. The standard InChI is InChI=1S/C31H35N3O8/c1-34(2)25-20-13-17-12-19-18(16-6-4-15(5-7-16)14-33-10-11-42-3)8-9-21(35)23(19)26(36)22(17)28(38)31(20,41)29(39)24(27(25)37)30(32)40/h4-9,17,20,22,24-25,33,35,41H,10-14H2,1-3H3,(H2,32,40)/t17-,20-,22?,24?,25-,31-/m0/s1. The molecule has 2 unspecified atom stereocenters. The molecular weight excluding hydrogens is 542 g/mol. The number of primary amides is 1. The van der Waals surface area contributed by atoms with Crippen LogP contribution in [0.3, 0.4) is 0 Å². The summed E-state index contributed by atoms with van der Waals surface area (Å²) < 4.78 is 5.05. The number of nitrogens with one attached hydrogen (secondary N) is 1. The molecule has 0 heterocycles. The molecule has 5 rings (SSSR count). The van der Waals surface area contributed by atoms with E-state index < -0.39 is 64.4 Å². The Morgan fingerprint density at radius 2 is 1.79 bits per heavy atom. The second kappa shape index (κ2) is 11.1. The third kappa shape index (κ3) is 4.57. The van der Waals surface area contributed by atoms with Crippen molar-refractivity contribution < 1.29 is 38.9 Å². The van der Waals surface area contributed by atoms with E-state index in [9.17, 15) is 34.2 Å². The summed E-state index contributed by atoms with van der Waals surface area (Å²) in [6.45, 7) is 1.95. The second-order valence-electron chi connectivity index (χ2n) is 11.6. The van der Waals surface area contributed by atoms with Crippen molar-refractivity contribution in [3.63, 3.8) is 0 Å². The van der Waals surface area contributed by atoms with Crippen LogP contribution >= 0.6 is 0 Å². The van der Waals surface area contributed by atoms with Crippen LogP contribution in [0, 0.1) is 23.7 Å². The highest BCUT2D eigenvalue weighted by Gasteiger charge is 2.69. The van der Waals surface area contributed by atoms with Gasteiger partial charge in [0.05, 0.1) is 24.1 Å². The average Bonchev–Trinajstić information content (AvgIpc) is 2.93. The molecule has 1 amide bonds. The number of nitrogens with zero attached hydrogens (tertiary/aromatic N) is 1. The molecule has 0 spiro atoms. The molecule has 2 aromatic carbocycles. The van der Waals surface area contributed by atoms with Gasteiger partial charge < -0.3 is 26.0 Å². The first-order valence-electron chi connectivity index (χ1n) is 13.9. The second-order valence-corrected chi connectivity index (χ2v) is 11.6. The average molecular weight is 578 g/mol. The number of hydrogen-bond donors (Lipinski definition) is 4. The van der Waals surface area contributed by atoms with E-state index in [1.807, 2.05) is 24.3 Å². The van der Waals surface area contributed by atoms with Crippen LogP contribution < -0.4 is 11.1 Å². The van der Waals surface area contributed by atoms with Crippen LogP contribution in [0.1, 0.15) is 27.9 Å². The van der Waals surface area contributed by atoms with Gasteiger partial charge in [-0.1, -0.05) is 30.3 Å². The Bertz CT molecular complexity index is 1470. The van der Waals surface area contributed by atoms with Crippen molar-refractivity contribution in [2.75, 3.05) is 34.4 Å². The SMILES string of the molecule is COCCNCc1ccc(-c2ccc(O)c3c2C[C@H]2C[C@H]4[C@H](N(C)C)C(=O)C(C(N)=O)C(=O)[C@@]4(O)C(=O)C2C3=O)cc1. The summed E-state index contributed by atoms with van der Waals surface area (Å²) >= 11 is 0. The number of Topliss-reactive ketones (excluding diaryl/α,β-unsaturated/α-hetero) is 4. The number of aliphatic hydroxyl groups is 1. The number of carbonyl (C=O) groups is 5. The summed E-state index contributed by atoms with van der Waals surface area (Å²) in [7, 11) is 4.75. The van der Waals surface area contributed by atoms with Crippen molar-refractivity contribution in [3.8, 4) is 16.9 Å². The minimum absolute atomic E-state index is 0.00503. The van der Waals surface area contributed by atoms with Crippen molar-refractivity contribution in [1.82, 2.24) is 10.2 Å². The highest BCUT2D eigenvalue weighted by atomic mass is 16.5. The van der Waals surface area contributed by atoms with Gasteiger partial charge in [0.15, 0.2) is 34.7 Å². The van der Waals surface area contributed by atoms with Gasteiger partial charge in [-0.2, -0.15) is 0 Å². The number of methoxy groups -OCH3 is 1. The Morgan fingerprint density at radius 1 is 1.10 bits per heavy atom. The van der Waals surface area contributed by atoms with E-state index in [1.165, 1.54) is 11.0 Å². The Kier molecular flexibility index (Phi) is 7.88. The maximum Gasteiger partial charge on any atom is 0.235 e. The fourth-order valence-electron chi connectivity index (χ4n) is 7.08. The van der Waals surface area contributed by atoms with Crippen molar-refractivity contribution >= 4 is 29.0 Å². The van der Waals surface area contributed by atoms with Crippen LogP contribution in [0.2, 0.25) is 0 Å². The number of ether oxygens (including phenoxy) is 1. The first-order chi connectivity index (χ1) is 19.9. The number of phenols is 1. The zero-order valence-corrected chi connectivity index (χ0v) is 23.8. The first kappa shape index (κ1) is 29.7. The minimum Gasteiger partial charge on any atom is -0.507 e. The highest BCUT2D eigenvalue weighted by molar-refractivity contribution is 6.32. The molecule has 6 atom stereocenters. The molecular formula is C31H35N3O8. The first-order valence-corrected chi connectivity index (χ1v) is 13.9. The third-order valence-electron chi connectivity index (χ3n) is 9.02. The Balaban J connectivity index is 1.53. The quantitative estimate of drug-likeness (QED) is 0.252. The summed E-state index contributed by atoms with van der Waals surface area (Å²) in [5, 5.41) is 25.8. The summed E-state index contributed by atoms with van der Waals surface area (Å²) in [5.74, 6) is -10.6. The molecule has 2 fully saturated rings. The minimum atomic E-state index is -2.74. The number of rotatable bonds is 8. The Labute approximate surface area is 243 Å². The zero-order valence-electron chi connectivity index (χ0n) is 23.8. The van der Waals surface area contributed by atoms with Gasteiger partial charge >= 0.3 is 0 Å². The smallest absolute Gasteiger partial charge is 0.235 e. The van der Waals surface area contributed by atoms with Crippen LogP contribution in [-0.4, -0.2) is 90.2 Å². The molecule has 0 radical (unpaired) electrons. The molecule has 222 valence electrons. The Morgan fingerprint density at radius 3 is 2.40 bits per heavy atom. The largest absolute Gasteiger partial charge is 0.507 e. The number of amides is 1. The van der Waals surface area contributed by atoms with Gasteiger partial charge in [-0.05, 0) is 61.2 Å². The number of fused-ring (bicyclic) bond motifs is 3. The fourth-order valence-corrected chi connectivity index (χ4v) is 7.08. The maximum absolute atomic E-state index is 14.0. The number of ketones is 4. The molecule has 5 N–H and O–H groups in total. The van der Waals surface area contributed by atoms with E-state index in [0.717, 1.165) is 16.7 Å². The van der Waals surface area contributed by atoms with E-state index >= 15 is 0 Å². The van der Waals surface area contributed by atoms with E-state index in [-0.39, 0.29) is 24.2 Å². The topological polar surface area (TPSA) is 176 Å². The predicted octanol–water partition coefficient (Wildman–Crippen LogP) is 0.270.